The number of para-hydroxylation sites is 1. The third kappa shape index (κ3) is 4.94. The van der Waals surface area contributed by atoms with E-state index >= 15 is 0 Å². The van der Waals surface area contributed by atoms with Crippen LogP contribution in [0.5, 0.6) is 0 Å². The van der Waals surface area contributed by atoms with E-state index in [1.165, 1.54) is 13.2 Å². The molecule has 0 N–H and O–H groups in total. The zero-order valence-electron chi connectivity index (χ0n) is 16.1. The number of pyridine rings is 1. The minimum atomic E-state index is -0.707. The topological polar surface area (TPSA) is 90.0 Å². The number of carbonyl (C=O) groups excluding carboxylic acids is 1. The van der Waals surface area contributed by atoms with Crippen LogP contribution >= 0.6 is 0 Å². The predicted octanol–water partition coefficient (Wildman–Crippen LogP) is 3.42. The highest BCUT2D eigenvalue weighted by atomic mass is 16.6. The van der Waals surface area contributed by atoms with Crippen molar-refractivity contribution in [1.82, 2.24) is 14.8 Å². The SMILES string of the molecule is COC[C@@H](C)OC(=O)/C(C#N)=C/c1cn(-c2ccccc2)nc1-c1cccnc1. The van der Waals surface area contributed by atoms with Crippen molar-refractivity contribution in [2.24, 2.45) is 0 Å². The first kappa shape index (κ1) is 20.0. The van der Waals surface area contributed by atoms with E-state index < -0.39 is 12.1 Å². The lowest BCUT2D eigenvalue weighted by Gasteiger charge is -2.11. The van der Waals surface area contributed by atoms with Crippen molar-refractivity contribution in [2.45, 2.75) is 13.0 Å². The van der Waals surface area contributed by atoms with Gasteiger partial charge in [0.2, 0.25) is 0 Å². The number of rotatable bonds is 7. The van der Waals surface area contributed by atoms with E-state index in [1.807, 2.05) is 42.5 Å². The summed E-state index contributed by atoms with van der Waals surface area (Å²) in [5.74, 6) is -0.707. The quantitative estimate of drug-likeness (QED) is 0.350. The predicted molar refractivity (Wildman–Crippen MR) is 108 cm³/mol. The highest BCUT2D eigenvalue weighted by molar-refractivity contribution is 5.98. The molecule has 0 aliphatic rings. The van der Waals surface area contributed by atoms with E-state index in [1.54, 1.807) is 36.3 Å². The fraction of sp³-hybridized carbons (Fsp3) is 0.182. The molecule has 146 valence electrons. The lowest BCUT2D eigenvalue weighted by Crippen LogP contribution is -2.20. The summed E-state index contributed by atoms with van der Waals surface area (Å²) in [5, 5.41) is 14.1. The van der Waals surface area contributed by atoms with Gasteiger partial charge in [-0.1, -0.05) is 18.2 Å². The highest BCUT2D eigenvalue weighted by Gasteiger charge is 2.18. The van der Waals surface area contributed by atoms with Crippen molar-refractivity contribution < 1.29 is 14.3 Å². The van der Waals surface area contributed by atoms with E-state index in [0.29, 0.717) is 11.3 Å². The molecular formula is C22H20N4O3. The maximum absolute atomic E-state index is 12.4. The Hall–Kier alpha value is -3.76. The van der Waals surface area contributed by atoms with Gasteiger partial charge < -0.3 is 9.47 Å². The summed E-state index contributed by atoms with van der Waals surface area (Å²) in [6, 6.07) is 15.2. The van der Waals surface area contributed by atoms with Crippen LogP contribution in [0.25, 0.3) is 23.0 Å². The van der Waals surface area contributed by atoms with Gasteiger partial charge in [0.25, 0.3) is 0 Å². The van der Waals surface area contributed by atoms with Crippen molar-refractivity contribution in [3.8, 4) is 23.0 Å². The van der Waals surface area contributed by atoms with Gasteiger partial charge in [0.05, 0.1) is 12.3 Å². The van der Waals surface area contributed by atoms with Crippen molar-refractivity contribution in [3.63, 3.8) is 0 Å². The number of ether oxygens (including phenoxy) is 2. The third-order valence-corrected chi connectivity index (χ3v) is 4.05. The fourth-order valence-corrected chi connectivity index (χ4v) is 2.74. The number of carbonyl (C=O) groups is 1. The van der Waals surface area contributed by atoms with Crippen LogP contribution in [0.15, 0.2) is 66.6 Å². The van der Waals surface area contributed by atoms with Crippen molar-refractivity contribution in [2.75, 3.05) is 13.7 Å². The molecule has 0 unspecified atom stereocenters. The summed E-state index contributed by atoms with van der Waals surface area (Å²) < 4.78 is 11.9. The summed E-state index contributed by atoms with van der Waals surface area (Å²) in [6.07, 6.45) is 6.13. The fourth-order valence-electron chi connectivity index (χ4n) is 2.74. The first-order valence-electron chi connectivity index (χ1n) is 8.99. The van der Waals surface area contributed by atoms with Crippen molar-refractivity contribution in [1.29, 1.82) is 5.26 Å². The number of nitriles is 1. The van der Waals surface area contributed by atoms with Crippen LogP contribution in [-0.2, 0) is 14.3 Å². The third-order valence-electron chi connectivity index (χ3n) is 4.05. The van der Waals surface area contributed by atoms with E-state index in [0.717, 1.165) is 11.3 Å². The Balaban J connectivity index is 2.02. The number of benzene rings is 1. The van der Waals surface area contributed by atoms with Gasteiger partial charge in [-0.25, -0.2) is 9.48 Å². The zero-order valence-corrected chi connectivity index (χ0v) is 16.1. The molecular weight excluding hydrogens is 368 g/mol. The van der Waals surface area contributed by atoms with E-state index in [4.69, 9.17) is 9.47 Å². The molecule has 0 spiro atoms. The maximum Gasteiger partial charge on any atom is 0.349 e. The van der Waals surface area contributed by atoms with E-state index in [-0.39, 0.29) is 12.2 Å². The molecule has 0 saturated carbocycles. The molecule has 0 aliphatic heterocycles. The summed E-state index contributed by atoms with van der Waals surface area (Å²) in [4.78, 5) is 16.5. The summed E-state index contributed by atoms with van der Waals surface area (Å²) >= 11 is 0. The van der Waals surface area contributed by atoms with Gasteiger partial charge >= 0.3 is 5.97 Å². The first-order chi connectivity index (χ1) is 14.1. The Labute approximate surface area is 168 Å². The van der Waals surface area contributed by atoms with Crippen LogP contribution in [0.4, 0.5) is 0 Å². The molecule has 0 amide bonds. The molecule has 3 aromatic rings. The second kappa shape index (κ2) is 9.44. The Morgan fingerprint density at radius 2 is 2.07 bits per heavy atom. The van der Waals surface area contributed by atoms with Crippen LogP contribution in [0.3, 0.4) is 0 Å². The molecule has 7 nitrogen and oxygen atoms in total. The number of hydrogen-bond acceptors (Lipinski definition) is 6. The minimum Gasteiger partial charge on any atom is -0.456 e. The van der Waals surface area contributed by atoms with Crippen LogP contribution in [0.2, 0.25) is 0 Å². The van der Waals surface area contributed by atoms with Gasteiger partial charge in [-0.05, 0) is 37.3 Å². The number of hydrogen-bond donors (Lipinski definition) is 0. The van der Waals surface area contributed by atoms with Gasteiger partial charge in [-0.2, -0.15) is 10.4 Å². The molecule has 0 bridgehead atoms. The molecule has 1 atom stereocenters. The van der Waals surface area contributed by atoms with Gasteiger partial charge in [-0.3, -0.25) is 4.98 Å². The van der Waals surface area contributed by atoms with Crippen LogP contribution in [0.1, 0.15) is 12.5 Å². The van der Waals surface area contributed by atoms with Crippen LogP contribution in [0, 0.1) is 11.3 Å². The second-order valence-corrected chi connectivity index (χ2v) is 6.30. The lowest BCUT2D eigenvalue weighted by molar-refractivity contribution is -0.145. The first-order valence-corrected chi connectivity index (χ1v) is 8.99. The normalized spacial score (nSPS) is 12.2. The second-order valence-electron chi connectivity index (χ2n) is 6.30. The molecule has 0 radical (unpaired) electrons. The van der Waals surface area contributed by atoms with E-state index in [2.05, 4.69) is 10.1 Å². The molecule has 7 heteroatoms. The van der Waals surface area contributed by atoms with E-state index in [9.17, 15) is 10.1 Å². The summed E-state index contributed by atoms with van der Waals surface area (Å²) in [5.41, 5.74) is 2.71. The lowest BCUT2D eigenvalue weighted by atomic mass is 10.1. The van der Waals surface area contributed by atoms with Crippen LogP contribution < -0.4 is 0 Å². The number of aromatic nitrogens is 3. The standard InChI is InChI=1S/C22H20N4O3/c1-16(15-28-2)29-22(27)18(12-23)11-19-14-26(20-8-4-3-5-9-20)25-21(19)17-7-6-10-24-13-17/h3-11,13-14,16H,15H2,1-2H3/b18-11+/t16-/m1/s1. The molecule has 1 aromatic carbocycles. The monoisotopic (exact) mass is 388 g/mol. The highest BCUT2D eigenvalue weighted by Crippen LogP contribution is 2.25. The number of nitrogens with zero attached hydrogens (tertiary/aromatic N) is 4. The Morgan fingerprint density at radius 3 is 2.72 bits per heavy atom. The molecule has 29 heavy (non-hydrogen) atoms. The molecule has 3 rings (SSSR count). The molecule has 2 aromatic heterocycles. The van der Waals surface area contributed by atoms with Crippen molar-refractivity contribution >= 4 is 12.0 Å². The maximum atomic E-state index is 12.4. The van der Waals surface area contributed by atoms with Gasteiger partial charge in [0.15, 0.2) is 0 Å². The minimum absolute atomic E-state index is 0.120. The largest absolute Gasteiger partial charge is 0.456 e. The molecule has 0 fully saturated rings. The average Bonchev–Trinajstić information content (AvgIpc) is 3.17. The number of methoxy groups -OCH3 is 1. The zero-order chi connectivity index (χ0) is 20.6. The smallest absolute Gasteiger partial charge is 0.349 e. The summed E-state index contributed by atoms with van der Waals surface area (Å²) in [7, 11) is 1.52. The summed E-state index contributed by atoms with van der Waals surface area (Å²) in [6.45, 7) is 1.95. The van der Waals surface area contributed by atoms with Gasteiger partial charge in [0.1, 0.15) is 23.4 Å². The molecule has 2 heterocycles. The van der Waals surface area contributed by atoms with Crippen LogP contribution in [-0.4, -0.2) is 40.6 Å². The Bertz CT molecular complexity index is 1040. The Kier molecular flexibility index (Phi) is 6.51. The van der Waals surface area contributed by atoms with Crippen molar-refractivity contribution in [3.05, 3.63) is 72.2 Å². The average molecular weight is 388 g/mol. The molecule has 0 aliphatic carbocycles. The van der Waals surface area contributed by atoms with Gasteiger partial charge in [0, 0.05) is 36.8 Å². The van der Waals surface area contributed by atoms with Gasteiger partial charge in [-0.15, -0.1) is 0 Å². The Morgan fingerprint density at radius 1 is 1.28 bits per heavy atom. The number of esters is 1. The molecule has 0 saturated heterocycles.